The van der Waals surface area contributed by atoms with Crippen LogP contribution in [-0.4, -0.2) is 29.0 Å². The highest BCUT2D eigenvalue weighted by Crippen LogP contribution is 2.19. The van der Waals surface area contributed by atoms with Gasteiger partial charge in [0.25, 0.3) is 5.69 Å². The highest BCUT2D eigenvalue weighted by Gasteiger charge is 2.22. The summed E-state index contributed by atoms with van der Waals surface area (Å²) < 4.78 is 0. The minimum absolute atomic E-state index is 0.141. The Labute approximate surface area is 107 Å². The van der Waals surface area contributed by atoms with Crippen molar-refractivity contribution in [1.82, 2.24) is 4.90 Å². The van der Waals surface area contributed by atoms with E-state index in [0.717, 1.165) is 31.6 Å². The molecular formula is C13H19N3O2. The van der Waals surface area contributed by atoms with Crippen molar-refractivity contribution in [3.63, 3.8) is 0 Å². The van der Waals surface area contributed by atoms with Gasteiger partial charge < -0.3 is 5.73 Å². The second kappa shape index (κ2) is 5.46. The molecule has 0 radical (unpaired) electrons. The Hall–Kier alpha value is -1.46. The summed E-state index contributed by atoms with van der Waals surface area (Å²) in [6.45, 7) is 4.95. The Bertz CT molecular complexity index is 419. The SMILES string of the molecule is CC1CCN(Cc2ccc([N+](=O)[O-])cc2)CC1N. The number of hydrogen-bond donors (Lipinski definition) is 1. The largest absolute Gasteiger partial charge is 0.326 e. The van der Waals surface area contributed by atoms with Gasteiger partial charge in [-0.2, -0.15) is 0 Å². The lowest BCUT2D eigenvalue weighted by Gasteiger charge is -2.35. The van der Waals surface area contributed by atoms with E-state index in [9.17, 15) is 10.1 Å². The average molecular weight is 249 g/mol. The number of nitro groups is 1. The molecule has 1 aliphatic rings. The standard InChI is InChI=1S/C13H19N3O2/c1-10-6-7-15(9-13(10)14)8-11-2-4-12(5-3-11)16(17)18/h2-5,10,13H,6-9,14H2,1H3. The molecule has 1 aliphatic heterocycles. The molecule has 0 bridgehead atoms. The van der Waals surface area contributed by atoms with Gasteiger partial charge >= 0.3 is 0 Å². The van der Waals surface area contributed by atoms with E-state index in [1.165, 1.54) is 0 Å². The van der Waals surface area contributed by atoms with Gasteiger partial charge in [-0.25, -0.2) is 0 Å². The lowest BCUT2D eigenvalue weighted by molar-refractivity contribution is -0.384. The van der Waals surface area contributed by atoms with Crippen LogP contribution in [0.1, 0.15) is 18.9 Å². The summed E-state index contributed by atoms with van der Waals surface area (Å²) in [7, 11) is 0. The number of non-ortho nitro benzene ring substituents is 1. The molecule has 1 aromatic rings. The minimum atomic E-state index is -0.373. The van der Waals surface area contributed by atoms with Crippen molar-refractivity contribution < 1.29 is 4.92 Å². The monoisotopic (exact) mass is 249 g/mol. The number of piperidine rings is 1. The zero-order valence-corrected chi connectivity index (χ0v) is 10.6. The summed E-state index contributed by atoms with van der Waals surface area (Å²) in [6.07, 6.45) is 1.12. The molecule has 5 nitrogen and oxygen atoms in total. The summed E-state index contributed by atoms with van der Waals surface area (Å²) >= 11 is 0. The van der Waals surface area contributed by atoms with E-state index in [2.05, 4.69) is 11.8 Å². The maximum atomic E-state index is 10.6. The van der Waals surface area contributed by atoms with E-state index in [1.54, 1.807) is 12.1 Å². The summed E-state index contributed by atoms with van der Waals surface area (Å²) in [4.78, 5) is 12.5. The predicted molar refractivity (Wildman–Crippen MR) is 70.1 cm³/mol. The number of nitrogens with two attached hydrogens (primary N) is 1. The zero-order chi connectivity index (χ0) is 13.1. The zero-order valence-electron chi connectivity index (χ0n) is 10.6. The molecule has 1 saturated heterocycles. The van der Waals surface area contributed by atoms with Crippen LogP contribution in [0.25, 0.3) is 0 Å². The molecule has 2 rings (SSSR count). The topological polar surface area (TPSA) is 72.4 Å². The quantitative estimate of drug-likeness (QED) is 0.654. The Balaban J connectivity index is 1.95. The molecule has 2 N–H and O–H groups in total. The van der Waals surface area contributed by atoms with Crippen LogP contribution in [-0.2, 0) is 6.54 Å². The van der Waals surface area contributed by atoms with Crippen molar-refractivity contribution >= 4 is 5.69 Å². The van der Waals surface area contributed by atoms with Crippen LogP contribution < -0.4 is 5.73 Å². The van der Waals surface area contributed by atoms with Gasteiger partial charge in [-0.3, -0.25) is 15.0 Å². The summed E-state index contributed by atoms with van der Waals surface area (Å²) in [5.74, 6) is 0.582. The van der Waals surface area contributed by atoms with Gasteiger partial charge in [0.2, 0.25) is 0 Å². The molecule has 0 amide bonds. The molecule has 0 aliphatic carbocycles. The van der Waals surface area contributed by atoms with E-state index in [4.69, 9.17) is 5.73 Å². The molecule has 2 atom stereocenters. The maximum absolute atomic E-state index is 10.6. The third-order valence-electron chi connectivity index (χ3n) is 3.65. The Morgan fingerprint density at radius 2 is 2.11 bits per heavy atom. The van der Waals surface area contributed by atoms with Gasteiger partial charge in [-0.15, -0.1) is 0 Å². The van der Waals surface area contributed by atoms with Crippen LogP contribution in [0, 0.1) is 16.0 Å². The molecule has 0 saturated carbocycles. The molecule has 0 spiro atoms. The van der Waals surface area contributed by atoms with Crippen LogP contribution in [0.15, 0.2) is 24.3 Å². The molecule has 1 heterocycles. The van der Waals surface area contributed by atoms with E-state index in [1.807, 2.05) is 12.1 Å². The Morgan fingerprint density at radius 1 is 1.44 bits per heavy atom. The molecule has 2 unspecified atom stereocenters. The maximum Gasteiger partial charge on any atom is 0.269 e. The normalized spacial score (nSPS) is 25.0. The van der Waals surface area contributed by atoms with Gasteiger partial charge in [-0.05, 0) is 24.4 Å². The summed E-state index contributed by atoms with van der Waals surface area (Å²) in [5.41, 5.74) is 7.30. The predicted octanol–water partition coefficient (Wildman–Crippen LogP) is 1.76. The lowest BCUT2D eigenvalue weighted by atomic mass is 9.94. The van der Waals surface area contributed by atoms with Crippen LogP contribution in [0.4, 0.5) is 5.69 Å². The van der Waals surface area contributed by atoms with Crippen LogP contribution >= 0.6 is 0 Å². The van der Waals surface area contributed by atoms with Gasteiger partial charge in [0.1, 0.15) is 0 Å². The van der Waals surface area contributed by atoms with Crippen LogP contribution in [0.3, 0.4) is 0 Å². The van der Waals surface area contributed by atoms with Crippen molar-refractivity contribution in [2.45, 2.75) is 25.9 Å². The number of rotatable bonds is 3. The Morgan fingerprint density at radius 3 is 2.67 bits per heavy atom. The fraction of sp³-hybridized carbons (Fsp3) is 0.538. The molecule has 5 heteroatoms. The first kappa shape index (κ1) is 13.0. The second-order valence-corrected chi connectivity index (χ2v) is 5.09. The van der Waals surface area contributed by atoms with Crippen molar-refractivity contribution in [2.24, 2.45) is 11.7 Å². The highest BCUT2D eigenvalue weighted by atomic mass is 16.6. The molecule has 98 valence electrons. The van der Waals surface area contributed by atoms with Gasteiger partial charge in [0.15, 0.2) is 0 Å². The molecule has 18 heavy (non-hydrogen) atoms. The van der Waals surface area contributed by atoms with Crippen LogP contribution in [0.5, 0.6) is 0 Å². The van der Waals surface area contributed by atoms with Gasteiger partial charge in [0, 0.05) is 31.3 Å². The van der Waals surface area contributed by atoms with Crippen molar-refractivity contribution in [3.05, 3.63) is 39.9 Å². The molecular weight excluding hydrogens is 230 g/mol. The number of nitro benzene ring substituents is 1. The number of nitrogens with zero attached hydrogens (tertiary/aromatic N) is 2. The van der Waals surface area contributed by atoms with Gasteiger partial charge in [-0.1, -0.05) is 19.1 Å². The first-order chi connectivity index (χ1) is 8.56. The third-order valence-corrected chi connectivity index (χ3v) is 3.65. The van der Waals surface area contributed by atoms with Crippen LogP contribution in [0.2, 0.25) is 0 Å². The Kier molecular flexibility index (Phi) is 3.93. The number of likely N-dealkylation sites (tertiary alicyclic amines) is 1. The highest BCUT2D eigenvalue weighted by molar-refractivity contribution is 5.32. The van der Waals surface area contributed by atoms with Crippen molar-refractivity contribution in [2.75, 3.05) is 13.1 Å². The molecule has 1 fully saturated rings. The van der Waals surface area contributed by atoms with Gasteiger partial charge in [0.05, 0.1) is 4.92 Å². The van der Waals surface area contributed by atoms with E-state index < -0.39 is 0 Å². The van der Waals surface area contributed by atoms with Crippen molar-refractivity contribution in [3.8, 4) is 0 Å². The number of hydrogen-bond acceptors (Lipinski definition) is 4. The second-order valence-electron chi connectivity index (χ2n) is 5.09. The lowest BCUT2D eigenvalue weighted by Crippen LogP contribution is -2.47. The smallest absolute Gasteiger partial charge is 0.269 e. The minimum Gasteiger partial charge on any atom is -0.326 e. The third kappa shape index (κ3) is 3.05. The fourth-order valence-electron chi connectivity index (χ4n) is 2.29. The van der Waals surface area contributed by atoms with E-state index in [-0.39, 0.29) is 16.7 Å². The molecule has 0 aromatic heterocycles. The average Bonchev–Trinajstić information content (AvgIpc) is 2.34. The van der Waals surface area contributed by atoms with E-state index in [0.29, 0.717) is 5.92 Å². The van der Waals surface area contributed by atoms with Crippen molar-refractivity contribution in [1.29, 1.82) is 0 Å². The fourth-order valence-corrected chi connectivity index (χ4v) is 2.29. The first-order valence-corrected chi connectivity index (χ1v) is 6.27. The number of benzene rings is 1. The summed E-state index contributed by atoms with van der Waals surface area (Å²) in [6, 6.07) is 6.99. The molecule has 1 aromatic carbocycles. The van der Waals surface area contributed by atoms with E-state index >= 15 is 0 Å². The first-order valence-electron chi connectivity index (χ1n) is 6.27. The summed E-state index contributed by atoms with van der Waals surface area (Å²) in [5, 5.41) is 10.6.